The summed E-state index contributed by atoms with van der Waals surface area (Å²) in [6, 6.07) is 0. The Kier molecular flexibility index (Phi) is 68.7. The third-order valence-electron chi connectivity index (χ3n) is 19.9. The summed E-state index contributed by atoms with van der Waals surface area (Å²) in [6.45, 7) is 14.3. The van der Waals surface area contributed by atoms with Crippen molar-refractivity contribution in [1.82, 2.24) is 0 Å². The van der Waals surface area contributed by atoms with Gasteiger partial charge in [0.1, 0.15) is 19.3 Å². The van der Waals surface area contributed by atoms with Crippen molar-refractivity contribution in [3.63, 3.8) is 0 Å². The Morgan fingerprint density at radius 3 is 0.710 bits per heavy atom. The van der Waals surface area contributed by atoms with Crippen molar-refractivity contribution in [2.75, 3.05) is 39.6 Å². The molecule has 0 spiro atoms. The number of ether oxygens (including phenoxy) is 4. The minimum absolute atomic E-state index is 0.106. The van der Waals surface area contributed by atoms with Gasteiger partial charge in [0.2, 0.25) is 0 Å². The van der Waals surface area contributed by atoms with Crippen LogP contribution in [0, 0.1) is 23.7 Å². The van der Waals surface area contributed by atoms with Crippen molar-refractivity contribution in [2.45, 2.75) is 433 Å². The highest BCUT2D eigenvalue weighted by molar-refractivity contribution is 7.47. The Hall–Kier alpha value is -1.94. The van der Waals surface area contributed by atoms with Crippen LogP contribution in [0.4, 0.5) is 0 Å². The largest absolute Gasteiger partial charge is 0.472 e. The second-order valence-corrected chi connectivity index (χ2v) is 33.3. The van der Waals surface area contributed by atoms with Gasteiger partial charge in [-0.15, -0.1) is 0 Å². The molecule has 0 aliphatic carbocycles. The lowest BCUT2D eigenvalue weighted by Crippen LogP contribution is -2.30. The van der Waals surface area contributed by atoms with E-state index in [0.717, 1.165) is 120 Å². The number of esters is 4. The molecule has 0 heterocycles. The Labute approximate surface area is 613 Å². The SMILES string of the molecule is CCC(C)CCCCCCCCCCCCCCCCCCCCC(=O)O[C@H](COC(=O)CCCCCCCCC(C)CC)COP(=O)(O)OC[C@H](O)COP(=O)(O)OC[C@@H](COC(=O)CCCCCCCCCCCCC(C)CC)OC(=O)CCCCCCCCCCCCCC(C)C. The molecular formula is C81H158O17P2. The maximum Gasteiger partial charge on any atom is 0.472 e. The molecule has 0 aromatic rings. The van der Waals surface area contributed by atoms with Gasteiger partial charge in [0.15, 0.2) is 12.2 Å². The average molecular weight is 1470 g/mol. The van der Waals surface area contributed by atoms with E-state index in [1.165, 1.54) is 212 Å². The van der Waals surface area contributed by atoms with Crippen LogP contribution in [-0.4, -0.2) is 96.7 Å². The van der Waals surface area contributed by atoms with Crippen LogP contribution >= 0.6 is 15.6 Å². The van der Waals surface area contributed by atoms with E-state index in [2.05, 4.69) is 55.4 Å². The minimum atomic E-state index is -4.96. The number of aliphatic hydroxyl groups is 1. The fourth-order valence-electron chi connectivity index (χ4n) is 12.3. The van der Waals surface area contributed by atoms with Crippen molar-refractivity contribution in [3.05, 3.63) is 0 Å². The fourth-order valence-corrected chi connectivity index (χ4v) is 13.9. The highest BCUT2D eigenvalue weighted by Gasteiger charge is 2.30. The summed E-state index contributed by atoms with van der Waals surface area (Å²) in [5, 5.41) is 10.6. The molecule has 19 heteroatoms. The summed E-state index contributed by atoms with van der Waals surface area (Å²) < 4.78 is 68.7. The molecule has 0 bridgehead atoms. The third kappa shape index (κ3) is 70.4. The van der Waals surface area contributed by atoms with E-state index < -0.39 is 97.5 Å². The summed E-state index contributed by atoms with van der Waals surface area (Å²) >= 11 is 0. The predicted octanol–water partition coefficient (Wildman–Crippen LogP) is 24.0. The van der Waals surface area contributed by atoms with E-state index in [1.54, 1.807) is 0 Å². The molecular weight excluding hydrogens is 1310 g/mol. The molecule has 100 heavy (non-hydrogen) atoms. The van der Waals surface area contributed by atoms with E-state index in [9.17, 15) is 43.2 Å². The van der Waals surface area contributed by atoms with E-state index in [-0.39, 0.29) is 25.7 Å². The van der Waals surface area contributed by atoms with E-state index in [0.29, 0.717) is 25.7 Å². The quantitative estimate of drug-likeness (QED) is 0.0222. The Balaban J connectivity index is 5.20. The molecule has 17 nitrogen and oxygen atoms in total. The number of carbonyl (C=O) groups is 4. The smallest absolute Gasteiger partial charge is 0.462 e. The van der Waals surface area contributed by atoms with Crippen molar-refractivity contribution in [3.8, 4) is 0 Å². The number of rotatable bonds is 78. The second kappa shape index (κ2) is 70.1. The zero-order valence-corrected chi connectivity index (χ0v) is 67.6. The third-order valence-corrected chi connectivity index (χ3v) is 21.8. The molecule has 0 radical (unpaired) electrons. The maximum atomic E-state index is 13.1. The lowest BCUT2D eigenvalue weighted by Gasteiger charge is -2.21. The summed E-state index contributed by atoms with van der Waals surface area (Å²) in [6.07, 6.45) is 56.9. The van der Waals surface area contributed by atoms with Crippen molar-refractivity contribution < 1.29 is 80.2 Å². The number of hydrogen-bond acceptors (Lipinski definition) is 15. The molecule has 8 atom stereocenters. The number of hydrogen-bond donors (Lipinski definition) is 3. The fraction of sp³-hybridized carbons (Fsp3) is 0.951. The summed E-state index contributed by atoms with van der Waals surface area (Å²) in [4.78, 5) is 73.0. The molecule has 0 rings (SSSR count). The van der Waals surface area contributed by atoms with Gasteiger partial charge in [-0.05, 0) is 49.4 Å². The average Bonchev–Trinajstić information content (AvgIpc) is 0.976. The van der Waals surface area contributed by atoms with Crippen LogP contribution in [0.1, 0.15) is 415 Å². The number of aliphatic hydroxyl groups excluding tert-OH is 1. The van der Waals surface area contributed by atoms with Crippen LogP contribution in [-0.2, 0) is 65.4 Å². The van der Waals surface area contributed by atoms with Crippen LogP contribution in [0.25, 0.3) is 0 Å². The molecule has 0 saturated heterocycles. The van der Waals surface area contributed by atoms with Crippen molar-refractivity contribution in [2.24, 2.45) is 23.7 Å². The number of phosphoric ester groups is 2. The molecule has 0 aliphatic heterocycles. The monoisotopic (exact) mass is 1470 g/mol. The van der Waals surface area contributed by atoms with Gasteiger partial charge >= 0.3 is 39.5 Å². The van der Waals surface area contributed by atoms with Crippen LogP contribution in [0.3, 0.4) is 0 Å². The van der Waals surface area contributed by atoms with Gasteiger partial charge in [0, 0.05) is 25.7 Å². The van der Waals surface area contributed by atoms with E-state index in [1.807, 2.05) is 0 Å². The van der Waals surface area contributed by atoms with Crippen molar-refractivity contribution in [1.29, 1.82) is 0 Å². The zero-order valence-electron chi connectivity index (χ0n) is 65.8. The van der Waals surface area contributed by atoms with Gasteiger partial charge in [-0.2, -0.15) is 0 Å². The van der Waals surface area contributed by atoms with Gasteiger partial charge in [-0.3, -0.25) is 37.3 Å². The van der Waals surface area contributed by atoms with E-state index >= 15 is 0 Å². The first kappa shape index (κ1) is 98.1. The highest BCUT2D eigenvalue weighted by atomic mass is 31.2. The minimum Gasteiger partial charge on any atom is -0.462 e. The standard InChI is InChI=1S/C81H158O17P2/c1-9-72(6)58-50-42-34-28-22-18-16-14-12-13-15-17-19-23-31-37-47-55-63-80(85)98-77(68-92-79(84)62-54-46-40-39-44-52-60-74(8)11-3)70-96-100(89,90)94-66-75(82)65-93-99(87,88)95-69-76(97-81(86)64-56-48-38-32-24-20-21-27-33-41-49-57-71(4)5)67-91-78(83)61-53-45-36-30-26-25-29-35-43-51-59-73(7)10-2/h71-77,82H,9-70H2,1-8H3,(H,87,88)(H,89,90)/t72?,73?,74?,75-,76-,77-/m1/s1. The first-order chi connectivity index (χ1) is 48.2. The molecule has 0 saturated carbocycles. The lowest BCUT2D eigenvalue weighted by atomic mass is 9.99. The molecule has 0 aromatic carbocycles. The van der Waals surface area contributed by atoms with Crippen LogP contribution in [0.2, 0.25) is 0 Å². The molecule has 0 aromatic heterocycles. The topological polar surface area (TPSA) is 237 Å². The molecule has 3 N–H and O–H groups in total. The van der Waals surface area contributed by atoms with Gasteiger partial charge in [-0.25, -0.2) is 9.13 Å². The summed E-state index contributed by atoms with van der Waals surface area (Å²) in [5.41, 5.74) is 0. The van der Waals surface area contributed by atoms with Crippen LogP contribution < -0.4 is 0 Å². The van der Waals surface area contributed by atoms with Gasteiger partial charge < -0.3 is 33.8 Å². The molecule has 5 unspecified atom stereocenters. The molecule has 594 valence electrons. The van der Waals surface area contributed by atoms with Crippen LogP contribution in [0.15, 0.2) is 0 Å². The predicted molar refractivity (Wildman–Crippen MR) is 409 cm³/mol. The van der Waals surface area contributed by atoms with Crippen molar-refractivity contribution >= 4 is 39.5 Å². The van der Waals surface area contributed by atoms with Crippen LogP contribution in [0.5, 0.6) is 0 Å². The zero-order chi connectivity index (χ0) is 73.8. The van der Waals surface area contributed by atoms with Gasteiger partial charge in [0.05, 0.1) is 26.4 Å². The number of unbranched alkanes of at least 4 members (excludes halogenated alkanes) is 41. The summed E-state index contributed by atoms with van der Waals surface area (Å²) in [5.74, 6) is 1.06. The number of phosphoric acid groups is 2. The number of carbonyl (C=O) groups excluding carboxylic acids is 4. The Bertz CT molecular complexity index is 1960. The Morgan fingerprint density at radius 1 is 0.280 bits per heavy atom. The lowest BCUT2D eigenvalue weighted by molar-refractivity contribution is -0.161. The normalized spacial score (nSPS) is 14.8. The molecule has 0 fully saturated rings. The first-order valence-corrected chi connectivity index (χ1v) is 44.8. The second-order valence-electron chi connectivity index (χ2n) is 30.4. The van der Waals surface area contributed by atoms with E-state index in [4.69, 9.17) is 37.0 Å². The highest BCUT2D eigenvalue weighted by Crippen LogP contribution is 2.45. The van der Waals surface area contributed by atoms with Gasteiger partial charge in [-0.1, -0.05) is 364 Å². The summed E-state index contributed by atoms with van der Waals surface area (Å²) in [7, 11) is -9.92. The Morgan fingerprint density at radius 2 is 0.480 bits per heavy atom. The maximum absolute atomic E-state index is 13.1. The first-order valence-electron chi connectivity index (χ1n) is 41.8. The van der Waals surface area contributed by atoms with Gasteiger partial charge in [0.25, 0.3) is 0 Å². The molecule has 0 amide bonds. The molecule has 0 aliphatic rings.